The molecular formula is C11H18N4O2S. The van der Waals surface area contributed by atoms with Gasteiger partial charge in [0.05, 0.1) is 22.8 Å². The zero-order chi connectivity index (χ0) is 13.3. The summed E-state index contributed by atoms with van der Waals surface area (Å²) in [5, 5.41) is -0.236. The highest BCUT2D eigenvalue weighted by atomic mass is 32.2. The van der Waals surface area contributed by atoms with E-state index in [2.05, 4.69) is 4.98 Å². The second kappa shape index (κ2) is 4.64. The quantitative estimate of drug-likeness (QED) is 0.799. The number of nitrogens with zero attached hydrogens (tertiary/aromatic N) is 2. The predicted molar refractivity (Wildman–Crippen MR) is 73.1 cm³/mol. The number of hydrogen-bond donors (Lipinski definition) is 2. The summed E-state index contributed by atoms with van der Waals surface area (Å²) < 4.78 is 22.9. The van der Waals surface area contributed by atoms with Crippen molar-refractivity contribution in [1.82, 2.24) is 4.98 Å². The minimum atomic E-state index is -2.94. The lowest BCUT2D eigenvalue weighted by molar-refractivity contribution is 0.532. The summed E-state index contributed by atoms with van der Waals surface area (Å²) in [6.07, 6.45) is 4.09. The summed E-state index contributed by atoms with van der Waals surface area (Å²) in [7, 11) is -2.94. The predicted octanol–water partition coefficient (Wildman–Crippen LogP) is 0.259. The second-order valence-corrected chi connectivity index (χ2v) is 7.01. The summed E-state index contributed by atoms with van der Waals surface area (Å²) in [6.45, 7) is 1.35. The molecule has 1 aliphatic heterocycles. The molecule has 0 amide bonds. The maximum atomic E-state index is 11.5. The highest BCUT2D eigenvalue weighted by Crippen LogP contribution is 2.24. The molecule has 0 spiro atoms. The van der Waals surface area contributed by atoms with Gasteiger partial charge in [0.1, 0.15) is 15.7 Å². The van der Waals surface area contributed by atoms with Gasteiger partial charge in [0.15, 0.2) is 0 Å². The van der Waals surface area contributed by atoms with Crippen LogP contribution in [-0.4, -0.2) is 38.0 Å². The Balaban J connectivity index is 2.08. The largest absolute Gasteiger partial charge is 0.397 e. The van der Waals surface area contributed by atoms with Crippen LogP contribution >= 0.6 is 0 Å². The van der Waals surface area contributed by atoms with E-state index < -0.39 is 9.84 Å². The van der Waals surface area contributed by atoms with Gasteiger partial charge >= 0.3 is 0 Å². The zero-order valence-electron chi connectivity index (χ0n) is 10.3. The molecule has 0 saturated carbocycles. The molecule has 1 fully saturated rings. The van der Waals surface area contributed by atoms with Gasteiger partial charge in [-0.2, -0.15) is 0 Å². The number of aromatic nitrogens is 1. The number of anilines is 3. The summed E-state index contributed by atoms with van der Waals surface area (Å²) in [5.74, 6) is 0.758. The van der Waals surface area contributed by atoms with E-state index in [9.17, 15) is 8.42 Å². The van der Waals surface area contributed by atoms with Gasteiger partial charge in [-0.05, 0) is 12.8 Å². The molecule has 7 heteroatoms. The van der Waals surface area contributed by atoms with E-state index in [1.54, 1.807) is 6.07 Å². The van der Waals surface area contributed by atoms with E-state index in [1.807, 2.05) is 4.90 Å². The van der Waals surface area contributed by atoms with Gasteiger partial charge in [0.25, 0.3) is 0 Å². The fourth-order valence-corrected chi connectivity index (χ4v) is 3.22. The first kappa shape index (κ1) is 12.9. The van der Waals surface area contributed by atoms with E-state index in [0.717, 1.165) is 5.82 Å². The number of hydrogen-bond acceptors (Lipinski definition) is 6. The first-order chi connectivity index (χ1) is 8.38. The van der Waals surface area contributed by atoms with Crippen molar-refractivity contribution < 1.29 is 8.42 Å². The molecule has 2 rings (SSSR count). The van der Waals surface area contributed by atoms with Crippen molar-refractivity contribution >= 4 is 27.0 Å². The Kier molecular flexibility index (Phi) is 3.34. The Morgan fingerprint density at radius 3 is 2.39 bits per heavy atom. The fraction of sp³-hybridized carbons (Fsp3) is 0.545. The standard InChI is InChI=1S/C11H18N4O2S/c1-18(16,17)8-2-4-15(5-3-8)11-6-9(12)10(13)7-14-11/h6-8H,2-5,13H2,1H3,(H2,12,14). The van der Waals surface area contributed by atoms with Crippen LogP contribution in [0.25, 0.3) is 0 Å². The summed E-state index contributed by atoms with van der Waals surface area (Å²) in [5.41, 5.74) is 12.3. The molecule has 0 unspecified atom stereocenters. The van der Waals surface area contributed by atoms with Crippen molar-refractivity contribution in [1.29, 1.82) is 0 Å². The Morgan fingerprint density at radius 2 is 1.89 bits per heavy atom. The summed E-state index contributed by atoms with van der Waals surface area (Å²) >= 11 is 0. The van der Waals surface area contributed by atoms with Crippen molar-refractivity contribution in [2.75, 3.05) is 35.7 Å². The van der Waals surface area contributed by atoms with Crippen LogP contribution in [0.3, 0.4) is 0 Å². The molecule has 1 aromatic rings. The van der Waals surface area contributed by atoms with Gasteiger partial charge in [0, 0.05) is 25.4 Å². The Hall–Kier alpha value is -1.50. The van der Waals surface area contributed by atoms with Crippen LogP contribution in [0.4, 0.5) is 17.2 Å². The third kappa shape index (κ3) is 2.66. The maximum Gasteiger partial charge on any atom is 0.150 e. The lowest BCUT2D eigenvalue weighted by atomic mass is 10.1. The molecule has 0 atom stereocenters. The monoisotopic (exact) mass is 270 g/mol. The molecule has 0 aliphatic carbocycles. The van der Waals surface area contributed by atoms with Crippen molar-refractivity contribution in [2.24, 2.45) is 0 Å². The number of sulfone groups is 1. The normalized spacial score (nSPS) is 17.9. The van der Waals surface area contributed by atoms with Gasteiger partial charge in [0.2, 0.25) is 0 Å². The van der Waals surface area contributed by atoms with Crippen LogP contribution in [0.15, 0.2) is 12.3 Å². The molecular weight excluding hydrogens is 252 g/mol. The van der Waals surface area contributed by atoms with Gasteiger partial charge in [-0.3, -0.25) is 0 Å². The van der Waals surface area contributed by atoms with Crippen molar-refractivity contribution in [3.05, 3.63) is 12.3 Å². The average Bonchev–Trinajstić information content (AvgIpc) is 2.32. The average molecular weight is 270 g/mol. The molecule has 0 bridgehead atoms. The zero-order valence-corrected chi connectivity index (χ0v) is 11.2. The van der Waals surface area contributed by atoms with Crippen molar-refractivity contribution in [3.63, 3.8) is 0 Å². The van der Waals surface area contributed by atoms with Gasteiger partial charge in [-0.1, -0.05) is 0 Å². The first-order valence-corrected chi connectivity index (χ1v) is 7.78. The van der Waals surface area contributed by atoms with E-state index >= 15 is 0 Å². The Morgan fingerprint density at radius 1 is 1.28 bits per heavy atom. The minimum Gasteiger partial charge on any atom is -0.397 e. The molecule has 1 saturated heterocycles. The molecule has 18 heavy (non-hydrogen) atoms. The second-order valence-electron chi connectivity index (χ2n) is 4.69. The Bertz CT molecular complexity index is 536. The molecule has 0 aromatic carbocycles. The van der Waals surface area contributed by atoms with E-state index in [1.165, 1.54) is 12.5 Å². The third-order valence-electron chi connectivity index (χ3n) is 3.33. The molecule has 2 heterocycles. The van der Waals surface area contributed by atoms with Crippen molar-refractivity contribution in [3.8, 4) is 0 Å². The van der Waals surface area contributed by atoms with Gasteiger partial charge in [-0.15, -0.1) is 0 Å². The molecule has 0 radical (unpaired) electrons. The van der Waals surface area contributed by atoms with Crippen LogP contribution in [0.2, 0.25) is 0 Å². The van der Waals surface area contributed by atoms with E-state index in [-0.39, 0.29) is 5.25 Å². The SMILES string of the molecule is CS(=O)(=O)C1CCN(c2cc(N)c(N)cn2)CC1. The van der Waals surface area contributed by atoms with E-state index in [0.29, 0.717) is 37.3 Å². The van der Waals surface area contributed by atoms with Crippen LogP contribution in [0.1, 0.15) is 12.8 Å². The lowest BCUT2D eigenvalue weighted by Gasteiger charge is -2.32. The number of rotatable bonds is 2. The molecule has 6 nitrogen and oxygen atoms in total. The lowest BCUT2D eigenvalue weighted by Crippen LogP contribution is -2.39. The highest BCUT2D eigenvalue weighted by Gasteiger charge is 2.27. The fourth-order valence-electron chi connectivity index (χ4n) is 2.16. The van der Waals surface area contributed by atoms with Crippen molar-refractivity contribution in [2.45, 2.75) is 18.1 Å². The number of nitrogens with two attached hydrogens (primary N) is 2. The molecule has 100 valence electrons. The smallest absolute Gasteiger partial charge is 0.150 e. The van der Waals surface area contributed by atoms with Gasteiger partial charge in [-0.25, -0.2) is 13.4 Å². The first-order valence-electron chi connectivity index (χ1n) is 5.83. The van der Waals surface area contributed by atoms with Crippen LogP contribution in [0.5, 0.6) is 0 Å². The topological polar surface area (TPSA) is 102 Å². The molecule has 4 N–H and O–H groups in total. The van der Waals surface area contributed by atoms with E-state index in [4.69, 9.17) is 11.5 Å². The number of piperidine rings is 1. The van der Waals surface area contributed by atoms with Crippen LogP contribution in [0, 0.1) is 0 Å². The van der Waals surface area contributed by atoms with Crippen LogP contribution in [-0.2, 0) is 9.84 Å². The maximum absolute atomic E-state index is 11.5. The Labute approximate surface area is 107 Å². The highest BCUT2D eigenvalue weighted by molar-refractivity contribution is 7.91. The number of nitrogen functional groups attached to an aromatic ring is 2. The summed E-state index contributed by atoms with van der Waals surface area (Å²) in [4.78, 5) is 6.26. The van der Waals surface area contributed by atoms with Crippen LogP contribution < -0.4 is 16.4 Å². The third-order valence-corrected chi connectivity index (χ3v) is 5.01. The number of pyridine rings is 1. The molecule has 1 aliphatic rings. The summed E-state index contributed by atoms with van der Waals surface area (Å²) in [6, 6.07) is 1.73. The van der Waals surface area contributed by atoms with Gasteiger partial charge < -0.3 is 16.4 Å². The minimum absolute atomic E-state index is 0.236. The molecule has 1 aromatic heterocycles.